The molecule has 2 aliphatic rings. The number of carbonyl (C=O) groups excluding carboxylic acids is 1. The molecule has 120 valence electrons. The van der Waals surface area contributed by atoms with Crippen LogP contribution in [0.15, 0.2) is 28.7 Å². The van der Waals surface area contributed by atoms with Gasteiger partial charge in [0.25, 0.3) is 0 Å². The molecule has 1 N–H and O–H groups in total. The number of hydrogen-bond donors (Lipinski definition) is 1. The monoisotopic (exact) mass is 366 g/mol. The van der Waals surface area contributed by atoms with Gasteiger partial charge in [0.15, 0.2) is 0 Å². The van der Waals surface area contributed by atoms with Crippen molar-refractivity contribution in [2.45, 2.75) is 31.9 Å². The van der Waals surface area contributed by atoms with E-state index in [9.17, 15) is 4.79 Å². The Kier molecular flexibility index (Phi) is 5.16. The Bertz CT molecular complexity index is 537. The van der Waals surface area contributed by atoms with E-state index in [4.69, 9.17) is 4.74 Å². The van der Waals surface area contributed by atoms with Crippen LogP contribution in [0, 0.1) is 5.92 Å². The number of ether oxygens (including phenoxy) is 1. The Morgan fingerprint density at radius 1 is 1.45 bits per heavy atom. The number of amides is 1. The first kappa shape index (κ1) is 16.0. The maximum absolute atomic E-state index is 12.8. The van der Waals surface area contributed by atoms with Gasteiger partial charge in [-0.15, -0.1) is 0 Å². The number of piperidine rings is 1. The summed E-state index contributed by atoms with van der Waals surface area (Å²) in [6.45, 7) is 5.08. The molecule has 0 aromatic heterocycles. The molecule has 3 rings (SSSR count). The maximum atomic E-state index is 12.8. The number of hydrogen-bond acceptors (Lipinski definition) is 3. The van der Waals surface area contributed by atoms with Gasteiger partial charge in [-0.25, -0.2) is 0 Å². The smallest absolute Gasteiger partial charge is 0.225 e. The number of carbonyl (C=O) groups is 1. The van der Waals surface area contributed by atoms with Gasteiger partial charge in [-0.1, -0.05) is 28.1 Å². The second kappa shape index (κ2) is 7.11. The molecule has 5 heteroatoms. The Morgan fingerprint density at radius 2 is 2.32 bits per heavy atom. The van der Waals surface area contributed by atoms with Crippen molar-refractivity contribution in [3.05, 3.63) is 34.3 Å². The van der Waals surface area contributed by atoms with E-state index in [1.807, 2.05) is 17.0 Å². The van der Waals surface area contributed by atoms with E-state index >= 15 is 0 Å². The van der Waals surface area contributed by atoms with Crippen molar-refractivity contribution in [3.8, 4) is 0 Å². The quantitative estimate of drug-likeness (QED) is 0.874. The van der Waals surface area contributed by atoms with Crippen molar-refractivity contribution in [2.75, 3.05) is 26.2 Å². The molecule has 4 nitrogen and oxygen atoms in total. The number of nitrogens with one attached hydrogen (secondary N) is 1. The minimum atomic E-state index is -0.0191. The highest BCUT2D eigenvalue weighted by molar-refractivity contribution is 9.10. The van der Waals surface area contributed by atoms with Crippen LogP contribution in [-0.4, -0.2) is 43.1 Å². The topological polar surface area (TPSA) is 41.6 Å². The van der Waals surface area contributed by atoms with Crippen LogP contribution in [0.1, 0.15) is 31.4 Å². The predicted molar refractivity (Wildman–Crippen MR) is 89.6 cm³/mol. The largest absolute Gasteiger partial charge is 0.370 e. The van der Waals surface area contributed by atoms with Crippen molar-refractivity contribution >= 4 is 21.8 Å². The predicted octanol–water partition coefficient (Wildman–Crippen LogP) is 2.74. The highest BCUT2D eigenvalue weighted by atomic mass is 79.9. The summed E-state index contributed by atoms with van der Waals surface area (Å²) in [6, 6.07) is 8.59. The Balaban J connectivity index is 1.66. The van der Waals surface area contributed by atoms with Gasteiger partial charge in [0, 0.05) is 23.0 Å². The summed E-state index contributed by atoms with van der Waals surface area (Å²) in [6.07, 6.45) is 1.87. The summed E-state index contributed by atoms with van der Waals surface area (Å²) in [7, 11) is 0. The number of nitrogens with zero attached hydrogens (tertiary/aromatic N) is 1. The highest BCUT2D eigenvalue weighted by Gasteiger charge is 2.32. The van der Waals surface area contributed by atoms with Crippen LogP contribution in [0.2, 0.25) is 0 Å². The lowest BCUT2D eigenvalue weighted by atomic mass is 9.91. The lowest BCUT2D eigenvalue weighted by molar-refractivity contribution is -0.144. The van der Waals surface area contributed by atoms with E-state index in [0.29, 0.717) is 31.6 Å². The minimum Gasteiger partial charge on any atom is -0.370 e. The summed E-state index contributed by atoms with van der Waals surface area (Å²) >= 11 is 3.50. The Morgan fingerprint density at radius 3 is 3.09 bits per heavy atom. The van der Waals surface area contributed by atoms with Crippen LogP contribution in [0.5, 0.6) is 0 Å². The minimum absolute atomic E-state index is 0.0191. The molecule has 0 spiro atoms. The number of morpholine rings is 1. The molecule has 1 unspecified atom stereocenters. The first-order valence-electron chi connectivity index (χ1n) is 8.02. The van der Waals surface area contributed by atoms with E-state index in [1.165, 1.54) is 0 Å². The fraction of sp³-hybridized carbons (Fsp3) is 0.588. The van der Waals surface area contributed by atoms with Gasteiger partial charge in [-0.2, -0.15) is 0 Å². The number of halogens is 1. The van der Waals surface area contributed by atoms with Crippen LogP contribution in [-0.2, 0) is 9.53 Å². The fourth-order valence-electron chi connectivity index (χ4n) is 3.37. The van der Waals surface area contributed by atoms with E-state index in [0.717, 1.165) is 29.4 Å². The molecular formula is C17H23BrN2O2. The summed E-state index contributed by atoms with van der Waals surface area (Å²) in [5, 5.41) is 3.41. The average Bonchev–Trinajstić information content (AvgIpc) is 2.54. The van der Waals surface area contributed by atoms with Crippen LogP contribution in [0.25, 0.3) is 0 Å². The summed E-state index contributed by atoms with van der Waals surface area (Å²) < 4.78 is 6.93. The molecule has 1 aromatic rings. The van der Waals surface area contributed by atoms with E-state index < -0.39 is 0 Å². The van der Waals surface area contributed by atoms with Crippen LogP contribution in [0.3, 0.4) is 0 Å². The van der Waals surface area contributed by atoms with Gasteiger partial charge < -0.3 is 15.0 Å². The lowest BCUT2D eigenvalue weighted by Gasteiger charge is -2.37. The van der Waals surface area contributed by atoms with Crippen molar-refractivity contribution in [3.63, 3.8) is 0 Å². The molecule has 0 aliphatic carbocycles. The lowest BCUT2D eigenvalue weighted by Crippen LogP contribution is -2.48. The maximum Gasteiger partial charge on any atom is 0.225 e. The summed E-state index contributed by atoms with van der Waals surface area (Å²) in [4.78, 5) is 14.8. The molecule has 0 saturated carbocycles. The van der Waals surface area contributed by atoms with Gasteiger partial charge in [0.05, 0.1) is 13.2 Å². The Labute approximate surface area is 140 Å². The third kappa shape index (κ3) is 3.70. The summed E-state index contributed by atoms with van der Waals surface area (Å²) in [5.74, 6) is 0.467. The molecule has 2 aliphatic heterocycles. The zero-order chi connectivity index (χ0) is 15.5. The van der Waals surface area contributed by atoms with Crippen molar-refractivity contribution in [1.29, 1.82) is 0 Å². The van der Waals surface area contributed by atoms with E-state index in [1.54, 1.807) is 0 Å². The molecule has 0 radical (unpaired) electrons. The molecule has 3 atom stereocenters. The number of rotatable bonds is 2. The third-order valence-electron chi connectivity index (χ3n) is 4.57. The molecule has 1 amide bonds. The van der Waals surface area contributed by atoms with Crippen molar-refractivity contribution in [1.82, 2.24) is 10.2 Å². The van der Waals surface area contributed by atoms with Crippen LogP contribution >= 0.6 is 15.9 Å². The molecule has 1 aromatic carbocycles. The molecule has 2 heterocycles. The Hall–Kier alpha value is -0.910. The molecule has 2 saturated heterocycles. The normalized spacial score (nSPS) is 29.4. The molecule has 0 bridgehead atoms. The second-order valence-corrected chi connectivity index (χ2v) is 7.19. The SMILES string of the molecule is C[C@H]1C[C@@H](C(=O)N2CCOC(c3cccc(Br)c3)C2)CCN1. The van der Waals surface area contributed by atoms with Gasteiger partial charge in [-0.05, 0) is 44.0 Å². The zero-order valence-electron chi connectivity index (χ0n) is 12.9. The molecular weight excluding hydrogens is 344 g/mol. The van der Waals surface area contributed by atoms with Gasteiger partial charge in [-0.3, -0.25) is 4.79 Å². The van der Waals surface area contributed by atoms with Crippen molar-refractivity contribution in [2.24, 2.45) is 5.92 Å². The van der Waals surface area contributed by atoms with Gasteiger partial charge in [0.1, 0.15) is 6.10 Å². The van der Waals surface area contributed by atoms with Crippen LogP contribution in [0.4, 0.5) is 0 Å². The van der Waals surface area contributed by atoms with Crippen molar-refractivity contribution < 1.29 is 9.53 Å². The van der Waals surface area contributed by atoms with Gasteiger partial charge in [0.2, 0.25) is 5.91 Å². The zero-order valence-corrected chi connectivity index (χ0v) is 14.5. The average molecular weight is 367 g/mol. The second-order valence-electron chi connectivity index (χ2n) is 6.28. The van der Waals surface area contributed by atoms with E-state index in [-0.39, 0.29) is 12.0 Å². The van der Waals surface area contributed by atoms with Gasteiger partial charge >= 0.3 is 0 Å². The molecule has 22 heavy (non-hydrogen) atoms. The molecule has 2 fully saturated rings. The first-order chi connectivity index (χ1) is 10.6. The highest BCUT2D eigenvalue weighted by Crippen LogP contribution is 2.27. The van der Waals surface area contributed by atoms with Crippen LogP contribution < -0.4 is 5.32 Å². The summed E-state index contributed by atoms with van der Waals surface area (Å²) in [5.41, 5.74) is 1.13. The standard InChI is InChI=1S/C17H23BrN2O2/c1-12-9-14(5-6-19-12)17(21)20-7-8-22-16(11-20)13-3-2-4-15(18)10-13/h2-4,10,12,14,16,19H,5-9,11H2,1H3/t12-,14-,16?/m0/s1. The number of benzene rings is 1. The fourth-order valence-corrected chi connectivity index (χ4v) is 3.79. The first-order valence-corrected chi connectivity index (χ1v) is 8.82. The third-order valence-corrected chi connectivity index (χ3v) is 5.06. The van der Waals surface area contributed by atoms with E-state index in [2.05, 4.69) is 40.3 Å².